The topological polar surface area (TPSA) is 81.2 Å². The van der Waals surface area contributed by atoms with E-state index in [4.69, 9.17) is 10.1 Å². The van der Waals surface area contributed by atoms with E-state index in [0.29, 0.717) is 30.5 Å². The zero-order valence-corrected chi connectivity index (χ0v) is 16.5. The molecule has 1 atom stereocenters. The molecule has 4 heterocycles. The van der Waals surface area contributed by atoms with Crippen molar-refractivity contribution >= 4 is 11.6 Å². The van der Waals surface area contributed by atoms with E-state index in [1.807, 2.05) is 22.6 Å². The largest absolute Gasteiger partial charge is 0.326 e. The Morgan fingerprint density at radius 1 is 1.29 bits per heavy atom. The van der Waals surface area contributed by atoms with Crippen molar-refractivity contribution in [2.24, 2.45) is 5.92 Å². The molecule has 0 radical (unpaired) electrons. The highest BCUT2D eigenvalue weighted by Crippen LogP contribution is 2.40. The molecule has 3 aromatic heterocycles. The Hall–Kier alpha value is -2.77. The van der Waals surface area contributed by atoms with Crippen LogP contribution in [-0.2, 0) is 6.54 Å². The van der Waals surface area contributed by atoms with E-state index in [-0.39, 0.29) is 11.9 Å². The Morgan fingerprint density at radius 3 is 2.86 bits per heavy atom. The lowest BCUT2D eigenvalue weighted by Crippen LogP contribution is -2.43. The molecule has 1 aliphatic heterocycles. The molecule has 0 saturated heterocycles. The van der Waals surface area contributed by atoms with Crippen molar-refractivity contribution in [2.45, 2.75) is 58.5 Å². The summed E-state index contributed by atoms with van der Waals surface area (Å²) >= 11 is 0. The van der Waals surface area contributed by atoms with Crippen molar-refractivity contribution in [3.05, 3.63) is 41.4 Å². The molecule has 3 aromatic rings. The van der Waals surface area contributed by atoms with Crippen molar-refractivity contribution in [3.8, 4) is 0 Å². The van der Waals surface area contributed by atoms with Gasteiger partial charge in [0.15, 0.2) is 11.5 Å². The number of carbonyl (C=O) groups is 1. The molecular weight excluding hydrogens is 354 g/mol. The average molecular weight is 379 g/mol. The maximum Gasteiger partial charge on any atom is 0.257 e. The van der Waals surface area contributed by atoms with Crippen LogP contribution in [0.1, 0.15) is 72.8 Å². The Balaban J connectivity index is 1.53. The molecule has 1 fully saturated rings. The predicted octanol–water partition coefficient (Wildman–Crippen LogP) is 2.75. The lowest BCUT2D eigenvalue weighted by atomic mass is 9.99. The number of amides is 1. The molecule has 0 unspecified atom stereocenters. The van der Waals surface area contributed by atoms with Crippen LogP contribution in [0.2, 0.25) is 0 Å². The highest BCUT2D eigenvalue weighted by atomic mass is 16.2. The molecule has 8 heteroatoms. The van der Waals surface area contributed by atoms with Crippen LogP contribution < -0.4 is 0 Å². The lowest BCUT2D eigenvalue weighted by molar-refractivity contribution is 0.0576. The second kappa shape index (κ2) is 6.39. The van der Waals surface area contributed by atoms with Crippen LogP contribution in [0.25, 0.3) is 5.65 Å². The summed E-state index contributed by atoms with van der Waals surface area (Å²) in [6.45, 7) is 7.61. The third kappa shape index (κ3) is 2.78. The van der Waals surface area contributed by atoms with Crippen LogP contribution in [0.3, 0.4) is 0 Å². The van der Waals surface area contributed by atoms with E-state index < -0.39 is 0 Å². The Kier molecular flexibility index (Phi) is 3.96. The number of aryl methyl sites for hydroxylation is 1. The smallest absolute Gasteiger partial charge is 0.257 e. The molecule has 146 valence electrons. The minimum atomic E-state index is -0.0611. The van der Waals surface area contributed by atoms with Crippen LogP contribution in [0.15, 0.2) is 18.5 Å². The van der Waals surface area contributed by atoms with Gasteiger partial charge < -0.3 is 4.90 Å². The fraction of sp³-hybridized carbons (Fsp3) is 0.550. The third-order valence-electron chi connectivity index (χ3n) is 5.73. The number of nitrogens with zero attached hydrogens (tertiary/aromatic N) is 7. The summed E-state index contributed by atoms with van der Waals surface area (Å²) in [4.78, 5) is 24.8. The maximum atomic E-state index is 13.5. The van der Waals surface area contributed by atoms with E-state index in [1.54, 1.807) is 16.9 Å². The minimum Gasteiger partial charge on any atom is -0.326 e. The summed E-state index contributed by atoms with van der Waals surface area (Å²) in [5.74, 6) is 2.83. The zero-order chi connectivity index (χ0) is 19.4. The van der Waals surface area contributed by atoms with Gasteiger partial charge in [0, 0.05) is 24.7 Å². The molecule has 8 nitrogen and oxygen atoms in total. The highest BCUT2D eigenvalue weighted by molar-refractivity contribution is 5.95. The van der Waals surface area contributed by atoms with E-state index in [1.165, 1.54) is 12.8 Å². The summed E-state index contributed by atoms with van der Waals surface area (Å²) in [7, 11) is 0. The van der Waals surface area contributed by atoms with Crippen LogP contribution in [0.5, 0.6) is 0 Å². The number of rotatable bonds is 4. The van der Waals surface area contributed by atoms with Crippen molar-refractivity contribution < 1.29 is 4.79 Å². The van der Waals surface area contributed by atoms with Gasteiger partial charge in [-0.15, -0.1) is 0 Å². The van der Waals surface area contributed by atoms with Crippen LogP contribution >= 0.6 is 0 Å². The monoisotopic (exact) mass is 379 g/mol. The summed E-state index contributed by atoms with van der Waals surface area (Å²) in [6.07, 6.45) is 6.60. The van der Waals surface area contributed by atoms with Gasteiger partial charge in [-0.2, -0.15) is 10.2 Å². The lowest BCUT2D eigenvalue weighted by Gasteiger charge is -2.36. The first-order chi connectivity index (χ1) is 13.5. The fourth-order valence-electron chi connectivity index (χ4n) is 4.07. The standard InChI is InChI=1S/C20H25N7O/c1-12(2)10-16-19-23-18(14-4-5-14)24-26(19)9-8-25(16)20(28)15-11-21-17-6-7-22-27(17)13(15)3/h6-7,11-12,14,16H,4-5,8-10H2,1-3H3/t16-/m0/s1. The van der Waals surface area contributed by atoms with Gasteiger partial charge in [0.2, 0.25) is 0 Å². The van der Waals surface area contributed by atoms with E-state index in [2.05, 4.69) is 23.9 Å². The second-order valence-electron chi connectivity index (χ2n) is 8.33. The Bertz CT molecular complexity index is 1050. The van der Waals surface area contributed by atoms with Crippen LogP contribution in [0.4, 0.5) is 0 Å². The van der Waals surface area contributed by atoms with Crippen LogP contribution in [-0.4, -0.2) is 46.7 Å². The van der Waals surface area contributed by atoms with Gasteiger partial charge in [-0.25, -0.2) is 19.2 Å². The van der Waals surface area contributed by atoms with Crippen molar-refractivity contribution in [3.63, 3.8) is 0 Å². The maximum absolute atomic E-state index is 13.5. The summed E-state index contributed by atoms with van der Waals surface area (Å²) < 4.78 is 3.74. The molecule has 1 amide bonds. The Labute approximate surface area is 163 Å². The van der Waals surface area contributed by atoms with Gasteiger partial charge >= 0.3 is 0 Å². The van der Waals surface area contributed by atoms with Gasteiger partial charge in [0.25, 0.3) is 5.91 Å². The fourth-order valence-corrected chi connectivity index (χ4v) is 4.07. The molecule has 0 spiro atoms. The van der Waals surface area contributed by atoms with Crippen molar-refractivity contribution in [1.82, 2.24) is 34.3 Å². The second-order valence-corrected chi connectivity index (χ2v) is 8.33. The van der Waals surface area contributed by atoms with Crippen molar-refractivity contribution in [1.29, 1.82) is 0 Å². The zero-order valence-electron chi connectivity index (χ0n) is 16.5. The molecule has 0 aromatic carbocycles. The quantitative estimate of drug-likeness (QED) is 0.696. The first kappa shape index (κ1) is 17.3. The van der Waals surface area contributed by atoms with E-state index >= 15 is 0 Å². The normalized spacial score (nSPS) is 19.4. The summed E-state index contributed by atoms with van der Waals surface area (Å²) in [6, 6.07) is 1.78. The molecular formula is C20H25N7O. The molecule has 28 heavy (non-hydrogen) atoms. The van der Waals surface area contributed by atoms with Crippen molar-refractivity contribution in [2.75, 3.05) is 6.54 Å². The predicted molar refractivity (Wildman–Crippen MR) is 103 cm³/mol. The average Bonchev–Trinajstić information content (AvgIpc) is 3.23. The van der Waals surface area contributed by atoms with E-state index in [9.17, 15) is 4.79 Å². The highest BCUT2D eigenvalue weighted by Gasteiger charge is 2.37. The molecule has 2 aliphatic rings. The number of fused-ring (bicyclic) bond motifs is 2. The van der Waals surface area contributed by atoms with E-state index in [0.717, 1.165) is 29.4 Å². The molecule has 0 bridgehead atoms. The first-order valence-corrected chi connectivity index (χ1v) is 10.1. The van der Waals surface area contributed by atoms with Gasteiger partial charge in [-0.1, -0.05) is 13.8 Å². The number of carbonyl (C=O) groups excluding carboxylic acids is 1. The molecule has 1 aliphatic carbocycles. The third-order valence-corrected chi connectivity index (χ3v) is 5.73. The SMILES string of the molecule is Cc1c(C(=O)N2CCn3nc(C4CC4)nc3[C@@H]2CC(C)C)cnc2ccnn12. The first-order valence-electron chi connectivity index (χ1n) is 10.1. The number of hydrogen-bond acceptors (Lipinski definition) is 5. The molecule has 1 saturated carbocycles. The molecule has 0 N–H and O–H groups in total. The Morgan fingerprint density at radius 2 is 2.11 bits per heavy atom. The summed E-state index contributed by atoms with van der Waals surface area (Å²) in [5, 5.41) is 9.03. The van der Waals surface area contributed by atoms with Gasteiger partial charge in [0.1, 0.15) is 5.82 Å². The van der Waals surface area contributed by atoms with Crippen LogP contribution in [0, 0.1) is 12.8 Å². The molecule has 5 rings (SSSR count). The van der Waals surface area contributed by atoms with Gasteiger partial charge in [0.05, 0.1) is 30.0 Å². The number of aromatic nitrogens is 6. The minimum absolute atomic E-state index is 0.00438. The number of hydrogen-bond donors (Lipinski definition) is 0. The van der Waals surface area contributed by atoms with Gasteiger partial charge in [-0.3, -0.25) is 4.79 Å². The van der Waals surface area contributed by atoms with Gasteiger partial charge in [-0.05, 0) is 32.1 Å². The summed E-state index contributed by atoms with van der Waals surface area (Å²) in [5.41, 5.74) is 2.16.